The fraction of sp³-hybridized carbons (Fsp3) is 0.476. The van der Waals surface area contributed by atoms with Gasteiger partial charge in [-0.1, -0.05) is 102 Å². The quantitative estimate of drug-likeness (QED) is 0.107. The number of carbonyl (C=O) groups is 2. The normalized spacial score (nSPS) is 17.6. The predicted octanol–water partition coefficient (Wildman–Crippen LogP) is 9.43. The van der Waals surface area contributed by atoms with Crippen LogP contribution in [0.15, 0.2) is 73.1 Å². The number of amides is 1. The molecular weight excluding hydrogens is 641 g/mol. The average molecular weight is 695 g/mol. The minimum atomic E-state index is -0.930. The molecule has 0 saturated heterocycles. The lowest BCUT2D eigenvalue weighted by molar-refractivity contribution is -0.139. The van der Waals surface area contributed by atoms with Crippen LogP contribution in [0.1, 0.15) is 118 Å². The molecular formula is C42H54N4O3S. The van der Waals surface area contributed by atoms with Gasteiger partial charge in [0.25, 0.3) is 5.91 Å². The van der Waals surface area contributed by atoms with Crippen molar-refractivity contribution in [1.29, 1.82) is 0 Å². The second kappa shape index (κ2) is 17.4. The van der Waals surface area contributed by atoms with Gasteiger partial charge in [0.2, 0.25) is 0 Å². The van der Waals surface area contributed by atoms with Gasteiger partial charge in [-0.3, -0.25) is 9.59 Å². The molecule has 50 heavy (non-hydrogen) atoms. The van der Waals surface area contributed by atoms with E-state index >= 15 is 0 Å². The van der Waals surface area contributed by atoms with Crippen LogP contribution in [0.3, 0.4) is 0 Å². The van der Waals surface area contributed by atoms with Crippen LogP contribution in [0.4, 0.5) is 0 Å². The van der Waals surface area contributed by atoms with Gasteiger partial charge in [-0.2, -0.15) is 0 Å². The van der Waals surface area contributed by atoms with E-state index < -0.39 is 12.0 Å². The summed E-state index contributed by atoms with van der Waals surface area (Å²) in [5, 5.41) is 15.6. The number of carbonyl (C=O) groups excluding carboxylic acids is 1. The van der Waals surface area contributed by atoms with Crippen molar-refractivity contribution in [2.75, 3.05) is 6.54 Å². The number of aliphatic carboxylic acids is 1. The number of carboxylic acid groups (broad SMARTS) is 1. The number of nitrogens with one attached hydrogen (secondary N) is 2. The number of rotatable bonds is 15. The third kappa shape index (κ3) is 10.3. The molecule has 8 heteroatoms. The zero-order valence-corrected chi connectivity index (χ0v) is 31.2. The van der Waals surface area contributed by atoms with E-state index in [2.05, 4.69) is 62.6 Å². The molecule has 1 aliphatic carbocycles. The Balaban J connectivity index is 1.19. The number of hydrogen-bond acceptors (Lipinski definition) is 6. The zero-order chi connectivity index (χ0) is 35.7. The summed E-state index contributed by atoms with van der Waals surface area (Å²) in [6.45, 7) is 10.6. The van der Waals surface area contributed by atoms with Crippen molar-refractivity contribution in [3.63, 3.8) is 0 Å². The first kappa shape index (κ1) is 37.4. The summed E-state index contributed by atoms with van der Waals surface area (Å²) in [7, 11) is 0. The van der Waals surface area contributed by atoms with Crippen molar-refractivity contribution in [2.24, 2.45) is 5.92 Å². The molecule has 4 aromatic rings. The Hall–Kier alpha value is -3.88. The van der Waals surface area contributed by atoms with E-state index in [-0.39, 0.29) is 17.4 Å². The Bertz CT molecular complexity index is 1670. The van der Waals surface area contributed by atoms with Gasteiger partial charge in [0.05, 0.1) is 4.88 Å². The highest BCUT2D eigenvalue weighted by Gasteiger charge is 2.23. The van der Waals surface area contributed by atoms with E-state index in [4.69, 9.17) is 9.97 Å². The number of thiophene rings is 1. The second-order valence-corrected chi connectivity index (χ2v) is 16.2. The number of aromatic nitrogens is 2. The van der Waals surface area contributed by atoms with Gasteiger partial charge in [0, 0.05) is 41.0 Å². The maximum absolute atomic E-state index is 13.2. The van der Waals surface area contributed by atoms with E-state index in [0.717, 1.165) is 33.0 Å². The van der Waals surface area contributed by atoms with Crippen LogP contribution in [0.2, 0.25) is 0 Å². The standard InChI is InChI=1S/C42H54N4O3S/c1-6-7-8-9-29-10-14-31(15-11-29)32-18-20-33(21-19-32)35-25-44-39(45-26-35)34-16-12-30(13-17-34)24-36(27-43-28(2)41(48)49)46-40(47)37-22-23-38(50-37)42(3,4)5/h12-13,16-23,25-26,28-29,31,36,43H,6-11,14-15,24,27H2,1-5H3,(H,46,47)(H,48,49)/t28-,29-,31-,36+/m1/s1. The van der Waals surface area contributed by atoms with Crippen LogP contribution in [-0.4, -0.2) is 45.6 Å². The number of benzene rings is 2. The molecule has 7 nitrogen and oxygen atoms in total. The van der Waals surface area contributed by atoms with Gasteiger partial charge >= 0.3 is 5.97 Å². The van der Waals surface area contributed by atoms with Crippen molar-refractivity contribution >= 4 is 23.2 Å². The molecule has 2 aromatic heterocycles. The lowest BCUT2D eigenvalue weighted by Gasteiger charge is -2.29. The summed E-state index contributed by atoms with van der Waals surface area (Å²) in [5.41, 5.74) is 5.47. The number of hydrogen-bond donors (Lipinski definition) is 3. The van der Waals surface area contributed by atoms with Crippen molar-refractivity contribution in [1.82, 2.24) is 20.6 Å². The van der Waals surface area contributed by atoms with Crippen LogP contribution >= 0.6 is 11.3 Å². The summed E-state index contributed by atoms with van der Waals surface area (Å²) in [4.78, 5) is 35.8. The molecule has 2 heterocycles. The lowest BCUT2D eigenvalue weighted by Crippen LogP contribution is -2.47. The van der Waals surface area contributed by atoms with Gasteiger partial charge in [-0.15, -0.1) is 11.3 Å². The van der Waals surface area contributed by atoms with Gasteiger partial charge in [0.15, 0.2) is 5.82 Å². The third-order valence-corrected chi connectivity index (χ3v) is 11.6. The molecule has 0 spiro atoms. The molecule has 0 bridgehead atoms. The summed E-state index contributed by atoms with van der Waals surface area (Å²) in [6, 6.07) is 19.9. The van der Waals surface area contributed by atoms with E-state index in [9.17, 15) is 14.7 Å². The Kier molecular flexibility index (Phi) is 13.0. The molecule has 0 radical (unpaired) electrons. The lowest BCUT2D eigenvalue weighted by atomic mass is 9.77. The van der Waals surface area contributed by atoms with E-state index in [1.165, 1.54) is 68.3 Å². The van der Waals surface area contributed by atoms with Crippen molar-refractivity contribution in [2.45, 2.75) is 116 Å². The Morgan fingerprint density at radius 2 is 1.54 bits per heavy atom. The van der Waals surface area contributed by atoms with Crippen molar-refractivity contribution in [3.8, 4) is 22.5 Å². The van der Waals surface area contributed by atoms with Crippen LogP contribution in [0.5, 0.6) is 0 Å². The molecule has 5 rings (SSSR count). The topological polar surface area (TPSA) is 104 Å². The fourth-order valence-corrected chi connectivity index (χ4v) is 7.78. The predicted molar refractivity (Wildman–Crippen MR) is 205 cm³/mol. The van der Waals surface area contributed by atoms with Crippen molar-refractivity contribution < 1.29 is 14.7 Å². The number of unbranched alkanes of at least 4 members (excludes halogenated alkanes) is 2. The highest BCUT2D eigenvalue weighted by Crippen LogP contribution is 2.38. The van der Waals surface area contributed by atoms with E-state index in [1.807, 2.05) is 48.8 Å². The summed E-state index contributed by atoms with van der Waals surface area (Å²) in [5.74, 6) is 1.17. The summed E-state index contributed by atoms with van der Waals surface area (Å²) < 4.78 is 0. The molecule has 2 aromatic carbocycles. The first-order chi connectivity index (χ1) is 24.0. The first-order valence-electron chi connectivity index (χ1n) is 18.4. The van der Waals surface area contributed by atoms with Crippen LogP contribution in [-0.2, 0) is 16.6 Å². The first-order valence-corrected chi connectivity index (χ1v) is 19.2. The van der Waals surface area contributed by atoms with Crippen LogP contribution < -0.4 is 10.6 Å². The molecule has 2 atom stereocenters. The van der Waals surface area contributed by atoms with Gasteiger partial charge < -0.3 is 15.7 Å². The minimum Gasteiger partial charge on any atom is -0.480 e. The average Bonchev–Trinajstić information content (AvgIpc) is 3.63. The zero-order valence-electron chi connectivity index (χ0n) is 30.4. The molecule has 1 aliphatic rings. The maximum Gasteiger partial charge on any atom is 0.320 e. The summed E-state index contributed by atoms with van der Waals surface area (Å²) in [6.07, 6.45) is 15.1. The van der Waals surface area contributed by atoms with Gasteiger partial charge in [0.1, 0.15) is 6.04 Å². The molecule has 1 saturated carbocycles. The summed E-state index contributed by atoms with van der Waals surface area (Å²) >= 11 is 1.49. The smallest absolute Gasteiger partial charge is 0.320 e. The number of nitrogens with zero attached hydrogens (tertiary/aromatic N) is 2. The van der Waals surface area contributed by atoms with Crippen LogP contribution in [0.25, 0.3) is 22.5 Å². The Morgan fingerprint density at radius 1 is 0.880 bits per heavy atom. The minimum absolute atomic E-state index is 0.0371. The fourth-order valence-electron chi connectivity index (χ4n) is 6.82. The molecule has 1 amide bonds. The Labute approximate surface area is 302 Å². The molecule has 266 valence electrons. The van der Waals surface area contributed by atoms with Crippen molar-refractivity contribution in [3.05, 3.63) is 93.9 Å². The highest BCUT2D eigenvalue weighted by molar-refractivity contribution is 7.14. The largest absolute Gasteiger partial charge is 0.480 e. The number of carboxylic acids is 1. The molecule has 0 aliphatic heterocycles. The molecule has 1 fully saturated rings. The third-order valence-electron chi connectivity index (χ3n) is 10.1. The molecule has 3 N–H and O–H groups in total. The second-order valence-electron chi connectivity index (χ2n) is 15.1. The van der Waals surface area contributed by atoms with Gasteiger partial charge in [-0.25, -0.2) is 9.97 Å². The van der Waals surface area contributed by atoms with Crippen LogP contribution in [0, 0.1) is 5.92 Å². The van der Waals surface area contributed by atoms with E-state index in [1.54, 1.807) is 6.92 Å². The van der Waals surface area contributed by atoms with Gasteiger partial charge in [-0.05, 0) is 85.1 Å². The Morgan fingerprint density at radius 3 is 2.14 bits per heavy atom. The van der Waals surface area contributed by atoms with E-state index in [0.29, 0.717) is 29.6 Å². The monoisotopic (exact) mass is 694 g/mol. The SMILES string of the molecule is CCCCC[C@H]1CC[C@H](c2ccc(-c3cnc(-c4ccc(C[C@@H](CN[C@H](C)C(=O)O)NC(=O)c5ccc(C(C)(C)C)s5)cc4)nc3)cc2)CC1. The molecule has 0 unspecified atom stereocenters. The highest BCUT2D eigenvalue weighted by atomic mass is 32.1. The maximum atomic E-state index is 13.2.